The van der Waals surface area contributed by atoms with E-state index in [4.69, 9.17) is 0 Å². The summed E-state index contributed by atoms with van der Waals surface area (Å²) in [6.07, 6.45) is 0. The topological polar surface area (TPSA) is 23.1 Å². The predicted molar refractivity (Wildman–Crippen MR) is 43.6 cm³/mol. The van der Waals surface area contributed by atoms with Crippen molar-refractivity contribution >= 4 is 13.5 Å². The average Bonchev–Trinajstić information content (AvgIpc) is 1.88. The largest absolute Gasteiger partial charge is 1.00 e. The summed E-state index contributed by atoms with van der Waals surface area (Å²) in [5.74, 6) is 0. The smallest absolute Gasteiger partial charge is 0.855 e. The molecule has 1 aromatic rings. The molecule has 0 fully saturated rings. The van der Waals surface area contributed by atoms with Gasteiger partial charge in [0.15, 0.2) is 0 Å². The summed E-state index contributed by atoms with van der Waals surface area (Å²) in [7, 11) is -2.28. The molecule has 54 valence electrons. The molecule has 1 nitrogen and oxygen atoms in total. The van der Waals surface area contributed by atoms with Crippen molar-refractivity contribution in [3.05, 3.63) is 30.3 Å². The molecule has 0 bridgehead atoms. The van der Waals surface area contributed by atoms with E-state index in [-0.39, 0.29) is 18.9 Å². The zero-order valence-corrected chi connectivity index (χ0v) is 8.29. The molecule has 0 amide bonds. The van der Waals surface area contributed by atoms with Crippen molar-refractivity contribution in [1.29, 1.82) is 0 Å². The molecule has 0 atom stereocenters. The molecule has 3 heteroatoms. The third-order valence-electron chi connectivity index (χ3n) is 1.47. The van der Waals surface area contributed by atoms with Crippen molar-refractivity contribution in [2.45, 2.75) is 13.1 Å². The van der Waals surface area contributed by atoms with Crippen molar-refractivity contribution in [1.82, 2.24) is 0 Å². The molecule has 0 N–H and O–H groups in total. The molecular weight excluding hydrogens is 147 g/mol. The first-order valence-electron chi connectivity index (χ1n) is 3.36. The van der Waals surface area contributed by atoms with Crippen LogP contribution in [0.25, 0.3) is 0 Å². The van der Waals surface area contributed by atoms with Crippen LogP contribution in [0.1, 0.15) is 0 Å². The fourth-order valence-corrected chi connectivity index (χ4v) is 1.83. The fraction of sp³-hybridized carbons (Fsp3) is 0.250. The zero-order chi connectivity index (χ0) is 7.61. The molecule has 0 aliphatic carbocycles. The summed E-state index contributed by atoms with van der Waals surface area (Å²) in [4.78, 5) is 11.4. The van der Waals surface area contributed by atoms with Gasteiger partial charge in [-0.15, -0.1) is 0 Å². The van der Waals surface area contributed by atoms with Crippen LogP contribution in [0, 0.1) is 0 Å². The maximum Gasteiger partial charge on any atom is 1.00 e. The summed E-state index contributed by atoms with van der Waals surface area (Å²) >= 11 is 0. The van der Waals surface area contributed by atoms with Gasteiger partial charge in [-0.25, -0.2) is 0 Å². The minimum Gasteiger partial charge on any atom is -0.855 e. The Labute approximate surface area is 80.8 Å². The van der Waals surface area contributed by atoms with E-state index >= 15 is 0 Å². The second kappa shape index (κ2) is 4.13. The second-order valence-electron chi connectivity index (χ2n) is 2.88. The molecule has 0 radical (unpaired) electrons. The Bertz CT molecular complexity index is 205. The molecular formula is C8H11LiOSi. The van der Waals surface area contributed by atoms with Gasteiger partial charge in [-0.2, -0.15) is 0 Å². The Morgan fingerprint density at radius 3 is 1.82 bits per heavy atom. The van der Waals surface area contributed by atoms with Crippen LogP contribution >= 0.6 is 0 Å². The maximum absolute atomic E-state index is 11.4. The number of hydrogen-bond acceptors (Lipinski definition) is 1. The van der Waals surface area contributed by atoms with Gasteiger partial charge in [0.25, 0.3) is 0 Å². The van der Waals surface area contributed by atoms with Crippen molar-refractivity contribution < 1.29 is 23.7 Å². The molecule has 0 unspecified atom stereocenters. The van der Waals surface area contributed by atoms with E-state index in [0.29, 0.717) is 0 Å². The first-order valence-corrected chi connectivity index (χ1v) is 6.27. The number of hydrogen-bond donors (Lipinski definition) is 0. The van der Waals surface area contributed by atoms with E-state index in [9.17, 15) is 4.80 Å². The number of rotatable bonds is 1. The Hall–Kier alpha value is -0.00571. The van der Waals surface area contributed by atoms with E-state index in [1.807, 2.05) is 43.4 Å². The Morgan fingerprint density at radius 1 is 1.09 bits per heavy atom. The van der Waals surface area contributed by atoms with Crippen LogP contribution in [0.4, 0.5) is 0 Å². The van der Waals surface area contributed by atoms with Crippen LogP contribution in [0.5, 0.6) is 0 Å². The minimum atomic E-state index is -2.28. The predicted octanol–water partition coefficient (Wildman–Crippen LogP) is -2.54. The van der Waals surface area contributed by atoms with Gasteiger partial charge in [0.1, 0.15) is 0 Å². The molecule has 1 aromatic carbocycles. The molecule has 1 rings (SSSR count). The zero-order valence-electron chi connectivity index (χ0n) is 7.29. The molecule has 11 heavy (non-hydrogen) atoms. The van der Waals surface area contributed by atoms with E-state index in [2.05, 4.69) is 0 Å². The third-order valence-corrected chi connectivity index (χ3v) is 3.19. The molecule has 0 saturated carbocycles. The minimum absolute atomic E-state index is 0. The van der Waals surface area contributed by atoms with Crippen LogP contribution in [-0.4, -0.2) is 8.32 Å². The summed E-state index contributed by atoms with van der Waals surface area (Å²) in [6, 6.07) is 9.60. The fourth-order valence-electron chi connectivity index (χ4n) is 0.840. The number of benzene rings is 1. The van der Waals surface area contributed by atoms with Gasteiger partial charge in [-0.1, -0.05) is 48.6 Å². The van der Waals surface area contributed by atoms with Crippen LogP contribution < -0.4 is 28.8 Å². The van der Waals surface area contributed by atoms with Gasteiger partial charge in [0.05, 0.1) is 0 Å². The summed E-state index contributed by atoms with van der Waals surface area (Å²) < 4.78 is 0. The normalized spacial score (nSPS) is 10.5. The third kappa shape index (κ3) is 3.26. The van der Waals surface area contributed by atoms with Gasteiger partial charge in [0, 0.05) is 0 Å². The van der Waals surface area contributed by atoms with E-state index in [1.54, 1.807) is 0 Å². The molecule has 0 spiro atoms. The molecule has 0 saturated heterocycles. The Morgan fingerprint density at radius 2 is 1.55 bits per heavy atom. The van der Waals surface area contributed by atoms with Crippen LogP contribution in [0.15, 0.2) is 30.3 Å². The first kappa shape index (κ1) is 11.0. The van der Waals surface area contributed by atoms with Crippen molar-refractivity contribution in [2.75, 3.05) is 0 Å². The quantitative estimate of drug-likeness (QED) is 0.413. The van der Waals surface area contributed by atoms with Gasteiger partial charge in [0.2, 0.25) is 0 Å². The van der Waals surface area contributed by atoms with E-state index in [1.165, 1.54) is 0 Å². The molecule has 0 aliphatic rings. The van der Waals surface area contributed by atoms with Crippen LogP contribution in [0.3, 0.4) is 0 Å². The molecule has 0 aliphatic heterocycles. The summed E-state index contributed by atoms with van der Waals surface area (Å²) in [5, 5.41) is 0.981. The summed E-state index contributed by atoms with van der Waals surface area (Å²) in [5.41, 5.74) is 0. The van der Waals surface area contributed by atoms with Gasteiger partial charge in [-0.3, -0.25) is 0 Å². The Kier molecular flexibility index (Phi) is 4.13. The summed E-state index contributed by atoms with van der Waals surface area (Å²) in [6.45, 7) is 3.62. The average molecular weight is 158 g/mol. The van der Waals surface area contributed by atoms with E-state index in [0.717, 1.165) is 5.19 Å². The monoisotopic (exact) mass is 158 g/mol. The van der Waals surface area contributed by atoms with E-state index < -0.39 is 8.32 Å². The first-order chi connectivity index (χ1) is 4.61. The molecule has 0 aromatic heterocycles. The van der Waals surface area contributed by atoms with Crippen LogP contribution in [-0.2, 0) is 0 Å². The molecule has 0 heterocycles. The maximum atomic E-state index is 11.4. The standard InChI is InChI=1S/C8H11OSi.Li/c1-10(2,9)8-6-4-3-5-7-8;/h3-7H,1-2H3;/q-1;+1. The van der Waals surface area contributed by atoms with Gasteiger partial charge < -0.3 is 4.80 Å². The van der Waals surface area contributed by atoms with Crippen molar-refractivity contribution in [3.63, 3.8) is 0 Å². The van der Waals surface area contributed by atoms with Gasteiger partial charge in [-0.05, 0) is 8.32 Å². The van der Waals surface area contributed by atoms with Crippen molar-refractivity contribution in [3.8, 4) is 0 Å². The van der Waals surface area contributed by atoms with Crippen molar-refractivity contribution in [2.24, 2.45) is 0 Å². The SMILES string of the molecule is C[Si](C)([O-])c1ccccc1.[Li+]. The van der Waals surface area contributed by atoms with Gasteiger partial charge >= 0.3 is 18.9 Å². The van der Waals surface area contributed by atoms with Crippen LogP contribution in [0.2, 0.25) is 13.1 Å². The Balaban J connectivity index is 0.000001000. The second-order valence-corrected chi connectivity index (χ2v) is 6.47.